The first-order valence-corrected chi connectivity index (χ1v) is 9.58. The third-order valence-electron chi connectivity index (χ3n) is 3.12. The van der Waals surface area contributed by atoms with Gasteiger partial charge >= 0.3 is 5.97 Å². The number of carbonyl (C=O) groups is 2. The molecule has 0 aliphatic rings. The maximum atomic E-state index is 12.6. The number of nitrogens with one attached hydrogen (secondary N) is 1. The van der Waals surface area contributed by atoms with Crippen LogP contribution in [-0.4, -0.2) is 30.4 Å². The minimum absolute atomic E-state index is 0.00820. The number of sulfonamides is 1. The van der Waals surface area contributed by atoms with E-state index in [9.17, 15) is 18.0 Å². The van der Waals surface area contributed by atoms with Crippen LogP contribution in [0.5, 0.6) is 0 Å². The molecule has 2 aromatic carbocycles. The normalized spacial score (nSPS) is 11.9. The van der Waals surface area contributed by atoms with Crippen LogP contribution in [0.15, 0.2) is 53.1 Å². The summed E-state index contributed by atoms with van der Waals surface area (Å²) >= 11 is 17.6. The fourth-order valence-corrected chi connectivity index (χ4v) is 4.59. The van der Waals surface area contributed by atoms with E-state index in [0.29, 0.717) is 6.08 Å². The van der Waals surface area contributed by atoms with Gasteiger partial charge in [0.2, 0.25) is 5.76 Å². The Kier molecular flexibility index (Phi) is 6.38. The summed E-state index contributed by atoms with van der Waals surface area (Å²) in [6.07, 6.45) is 0.503. The van der Waals surface area contributed by atoms with E-state index in [1.54, 1.807) is 0 Å². The molecule has 2 rings (SSSR count). The molecule has 3 N–H and O–H groups in total. The van der Waals surface area contributed by atoms with Crippen LogP contribution in [0.1, 0.15) is 10.4 Å². The van der Waals surface area contributed by atoms with Gasteiger partial charge in [-0.05, 0) is 24.3 Å². The average molecular weight is 451 g/mol. The third kappa shape index (κ3) is 5.14. The fraction of sp³-hybridized carbons (Fsp3) is 0. The smallest absolute Gasteiger partial charge is 0.371 e. The quantitative estimate of drug-likeness (QED) is 0.345. The summed E-state index contributed by atoms with van der Waals surface area (Å²) in [6.45, 7) is 0. The summed E-state index contributed by atoms with van der Waals surface area (Å²) in [5.74, 6) is -3.66. The van der Waals surface area contributed by atoms with Crippen LogP contribution in [-0.2, 0) is 14.8 Å². The Morgan fingerprint density at radius 2 is 1.59 bits per heavy atom. The molecule has 0 aromatic heterocycles. The molecule has 11 heteroatoms. The molecule has 0 spiro atoms. The number of carbonyl (C=O) groups excluding carboxylic acids is 1. The first-order chi connectivity index (χ1) is 12.5. The van der Waals surface area contributed by atoms with E-state index in [1.165, 1.54) is 30.3 Å². The molecule has 27 heavy (non-hydrogen) atoms. The van der Waals surface area contributed by atoms with Crippen LogP contribution >= 0.6 is 34.8 Å². The number of carboxylic acid groups (broad SMARTS) is 1. The predicted octanol–water partition coefficient (Wildman–Crippen LogP) is 4.16. The van der Waals surface area contributed by atoms with Crippen molar-refractivity contribution in [1.29, 1.82) is 0 Å². The SMILES string of the molecule is O=C(O)/C(O)=C\C(=O)c1cccc(NS(=O)(=O)c2c(Cl)cc(Cl)cc2Cl)c1. The number of anilines is 1. The highest BCUT2D eigenvalue weighted by Gasteiger charge is 2.23. The Hall–Kier alpha value is -2.26. The molecule has 0 amide bonds. The van der Waals surface area contributed by atoms with E-state index in [0.717, 1.165) is 6.07 Å². The van der Waals surface area contributed by atoms with E-state index in [1.807, 2.05) is 0 Å². The van der Waals surface area contributed by atoms with Crippen LogP contribution in [0.4, 0.5) is 5.69 Å². The average Bonchev–Trinajstić information content (AvgIpc) is 2.52. The molecular formula is C16H10Cl3NO6S. The van der Waals surface area contributed by atoms with Crippen molar-refractivity contribution in [2.75, 3.05) is 4.72 Å². The van der Waals surface area contributed by atoms with Crippen LogP contribution in [0.3, 0.4) is 0 Å². The molecule has 0 saturated heterocycles. The van der Waals surface area contributed by atoms with Crippen LogP contribution in [0.2, 0.25) is 15.1 Å². The maximum absolute atomic E-state index is 12.6. The summed E-state index contributed by atoms with van der Waals surface area (Å²) in [4.78, 5) is 22.1. The summed E-state index contributed by atoms with van der Waals surface area (Å²) in [5.41, 5.74) is -0.0672. The predicted molar refractivity (Wildman–Crippen MR) is 101 cm³/mol. The summed E-state index contributed by atoms with van der Waals surface area (Å²) in [7, 11) is -4.21. The van der Waals surface area contributed by atoms with Crippen molar-refractivity contribution >= 4 is 62.3 Å². The molecule has 0 radical (unpaired) electrons. The summed E-state index contributed by atoms with van der Waals surface area (Å²) < 4.78 is 27.3. The van der Waals surface area contributed by atoms with E-state index < -0.39 is 32.4 Å². The number of ketones is 1. The lowest BCUT2D eigenvalue weighted by atomic mass is 10.1. The molecule has 0 aliphatic carbocycles. The number of rotatable bonds is 6. The standard InChI is InChI=1S/C16H10Cl3NO6S/c17-9-5-11(18)15(12(19)6-9)27(25,26)20-10-3-1-2-8(4-10)13(21)7-14(22)16(23)24/h1-7,20,22H,(H,23,24)/b14-7+. The number of aliphatic hydroxyl groups excluding tert-OH is 1. The van der Waals surface area contributed by atoms with Crippen molar-refractivity contribution in [2.24, 2.45) is 0 Å². The Morgan fingerprint density at radius 3 is 2.15 bits per heavy atom. The second kappa shape index (κ2) is 8.18. The second-order valence-corrected chi connectivity index (χ2v) is 7.95. The highest BCUT2D eigenvalue weighted by atomic mass is 35.5. The van der Waals surface area contributed by atoms with Crippen LogP contribution < -0.4 is 4.72 Å². The van der Waals surface area contributed by atoms with E-state index in [-0.39, 0.29) is 26.3 Å². The lowest BCUT2D eigenvalue weighted by Crippen LogP contribution is -2.14. The Morgan fingerprint density at radius 1 is 1.00 bits per heavy atom. The van der Waals surface area contributed by atoms with Gasteiger partial charge in [0.25, 0.3) is 10.0 Å². The summed E-state index contributed by atoms with van der Waals surface area (Å²) in [5, 5.41) is 17.5. The lowest BCUT2D eigenvalue weighted by molar-refractivity contribution is -0.135. The maximum Gasteiger partial charge on any atom is 0.371 e. The van der Waals surface area contributed by atoms with E-state index in [4.69, 9.17) is 45.0 Å². The Balaban J connectivity index is 2.37. The lowest BCUT2D eigenvalue weighted by Gasteiger charge is -2.12. The second-order valence-electron chi connectivity index (χ2n) is 5.08. The number of halogens is 3. The van der Waals surface area contributed by atoms with E-state index >= 15 is 0 Å². The van der Waals surface area contributed by atoms with Crippen molar-refractivity contribution in [1.82, 2.24) is 0 Å². The van der Waals surface area contributed by atoms with Crippen LogP contribution in [0, 0.1) is 0 Å². The fourth-order valence-electron chi connectivity index (χ4n) is 2.00. The van der Waals surface area contributed by atoms with Gasteiger partial charge in [-0.3, -0.25) is 9.52 Å². The van der Waals surface area contributed by atoms with Crippen molar-refractivity contribution in [2.45, 2.75) is 4.90 Å². The van der Waals surface area contributed by atoms with Crippen molar-refractivity contribution in [3.63, 3.8) is 0 Å². The molecule has 0 fully saturated rings. The van der Waals surface area contributed by atoms with Crippen LogP contribution in [0.25, 0.3) is 0 Å². The number of allylic oxidation sites excluding steroid dienone is 1. The largest absolute Gasteiger partial charge is 0.502 e. The van der Waals surface area contributed by atoms with Gasteiger partial charge in [-0.2, -0.15) is 0 Å². The number of aliphatic hydroxyl groups is 1. The molecular weight excluding hydrogens is 441 g/mol. The van der Waals surface area contributed by atoms with Gasteiger partial charge in [0, 0.05) is 22.3 Å². The molecule has 0 unspecified atom stereocenters. The molecule has 0 bridgehead atoms. The van der Waals surface area contributed by atoms with Gasteiger partial charge < -0.3 is 10.2 Å². The number of carboxylic acids is 1. The van der Waals surface area contributed by atoms with Gasteiger partial charge in [-0.25, -0.2) is 13.2 Å². The zero-order valence-corrected chi connectivity index (χ0v) is 16.2. The molecule has 2 aromatic rings. The monoisotopic (exact) mass is 449 g/mol. The van der Waals surface area contributed by atoms with Gasteiger partial charge in [0.15, 0.2) is 5.78 Å². The van der Waals surface area contributed by atoms with Gasteiger partial charge in [-0.15, -0.1) is 0 Å². The van der Waals surface area contributed by atoms with Crippen molar-refractivity contribution in [3.05, 3.63) is 68.9 Å². The number of benzene rings is 2. The minimum atomic E-state index is -4.21. The molecule has 0 heterocycles. The van der Waals surface area contributed by atoms with Gasteiger partial charge in [0.1, 0.15) is 4.90 Å². The minimum Gasteiger partial charge on any atom is -0.502 e. The number of hydrogen-bond donors (Lipinski definition) is 3. The number of hydrogen-bond acceptors (Lipinski definition) is 5. The zero-order valence-electron chi connectivity index (χ0n) is 13.1. The van der Waals surface area contributed by atoms with Crippen molar-refractivity contribution < 1.29 is 28.2 Å². The van der Waals surface area contributed by atoms with E-state index in [2.05, 4.69) is 4.72 Å². The highest BCUT2D eigenvalue weighted by Crippen LogP contribution is 2.33. The first kappa shape index (κ1) is 21.0. The Labute approximate surface area is 168 Å². The third-order valence-corrected chi connectivity index (χ3v) is 5.64. The summed E-state index contributed by atoms with van der Waals surface area (Å²) in [6, 6.07) is 7.61. The molecule has 0 aliphatic heterocycles. The molecule has 142 valence electrons. The molecule has 7 nitrogen and oxygen atoms in total. The zero-order chi connectivity index (χ0) is 20.4. The van der Waals surface area contributed by atoms with Gasteiger partial charge in [0.05, 0.1) is 10.0 Å². The number of aliphatic carboxylic acids is 1. The highest BCUT2D eigenvalue weighted by molar-refractivity contribution is 7.93. The van der Waals surface area contributed by atoms with Gasteiger partial charge in [-0.1, -0.05) is 46.9 Å². The molecule has 0 atom stereocenters. The molecule has 0 saturated carbocycles. The topological polar surface area (TPSA) is 121 Å². The Bertz CT molecular complexity index is 1040. The first-order valence-electron chi connectivity index (χ1n) is 6.97. The van der Waals surface area contributed by atoms with Crippen molar-refractivity contribution in [3.8, 4) is 0 Å².